The van der Waals surface area contributed by atoms with E-state index in [9.17, 15) is 19.2 Å². The molecule has 0 radical (unpaired) electrons. The molecule has 0 unspecified atom stereocenters. The lowest BCUT2D eigenvalue weighted by Crippen LogP contribution is -2.25. The number of aliphatic carboxylic acids is 1. The monoisotopic (exact) mass is 300 g/mol. The minimum atomic E-state index is -1.29. The summed E-state index contributed by atoms with van der Waals surface area (Å²) in [7, 11) is 0. The molecule has 10 heteroatoms. The van der Waals surface area contributed by atoms with Crippen molar-refractivity contribution in [2.24, 2.45) is 10.2 Å². The van der Waals surface area contributed by atoms with Crippen molar-refractivity contribution in [3.8, 4) is 0 Å². The second-order valence-corrected chi connectivity index (χ2v) is 3.86. The van der Waals surface area contributed by atoms with E-state index in [1.54, 1.807) is 0 Å². The molecule has 0 spiro atoms. The average molecular weight is 300 g/mol. The van der Waals surface area contributed by atoms with E-state index >= 15 is 0 Å². The molecule has 1 heterocycles. The number of Topliss-reactive ketones (excluding diaryl/α,β-unsaturated/α-hetero) is 1. The molecule has 0 fully saturated rings. The Kier molecular flexibility index (Phi) is 5.99. The first-order chi connectivity index (χ1) is 9.90. The Morgan fingerprint density at radius 1 is 1.05 bits per heavy atom. The van der Waals surface area contributed by atoms with Gasteiger partial charge in [0.25, 0.3) is 0 Å². The third kappa shape index (κ3) is 5.80. The van der Waals surface area contributed by atoms with Gasteiger partial charge in [0.1, 0.15) is 5.71 Å². The van der Waals surface area contributed by atoms with Gasteiger partial charge in [0.05, 0.1) is 6.42 Å². The summed E-state index contributed by atoms with van der Waals surface area (Å²) >= 11 is 0. The Bertz CT molecular complexity index is 522. The molecule has 0 aliphatic carbocycles. The zero-order chi connectivity index (χ0) is 15.8. The maximum absolute atomic E-state index is 11.4. The van der Waals surface area contributed by atoms with Crippen molar-refractivity contribution >= 4 is 35.3 Å². The van der Waals surface area contributed by atoms with Crippen LogP contribution < -0.4 is 0 Å². The lowest BCUT2D eigenvalue weighted by Gasteiger charge is -2.08. The molecule has 0 saturated heterocycles. The SMILES string of the molecule is O=C(O)CCC(=O)C(=O)OCOC(=O)C1=NN=C(O)CC1. The zero-order valence-corrected chi connectivity index (χ0v) is 10.8. The van der Waals surface area contributed by atoms with Gasteiger partial charge in [0, 0.05) is 19.3 Å². The topological polar surface area (TPSA) is 152 Å². The number of carbonyl (C=O) groups excluding carboxylic acids is 3. The number of nitrogens with zero attached hydrogens (tertiary/aromatic N) is 2. The van der Waals surface area contributed by atoms with E-state index in [0.29, 0.717) is 0 Å². The second-order valence-electron chi connectivity index (χ2n) is 3.86. The average Bonchev–Trinajstić information content (AvgIpc) is 2.45. The first-order valence-corrected chi connectivity index (χ1v) is 5.81. The van der Waals surface area contributed by atoms with Crippen LogP contribution in [0.25, 0.3) is 0 Å². The summed E-state index contributed by atoms with van der Waals surface area (Å²) in [5.41, 5.74) is -0.0546. The van der Waals surface area contributed by atoms with E-state index < -0.39 is 43.3 Å². The van der Waals surface area contributed by atoms with Crippen LogP contribution in [0.4, 0.5) is 0 Å². The molecule has 0 amide bonds. The van der Waals surface area contributed by atoms with Crippen LogP contribution >= 0.6 is 0 Å². The smallest absolute Gasteiger partial charge is 0.377 e. The van der Waals surface area contributed by atoms with Gasteiger partial charge in [-0.1, -0.05) is 0 Å². The van der Waals surface area contributed by atoms with Gasteiger partial charge in [-0.25, -0.2) is 9.59 Å². The van der Waals surface area contributed by atoms with E-state index in [1.807, 2.05) is 0 Å². The molecule has 1 aliphatic rings. The number of aliphatic hydroxyl groups is 1. The van der Waals surface area contributed by atoms with Gasteiger partial charge in [-0.3, -0.25) is 9.59 Å². The Morgan fingerprint density at radius 3 is 2.33 bits per heavy atom. The number of ether oxygens (including phenoxy) is 2. The fourth-order valence-corrected chi connectivity index (χ4v) is 1.21. The first-order valence-electron chi connectivity index (χ1n) is 5.81. The van der Waals surface area contributed by atoms with Crippen LogP contribution in [0.3, 0.4) is 0 Å². The fourth-order valence-electron chi connectivity index (χ4n) is 1.21. The van der Waals surface area contributed by atoms with Crippen LogP contribution in [0.1, 0.15) is 25.7 Å². The van der Waals surface area contributed by atoms with Crippen LogP contribution in [0.15, 0.2) is 10.2 Å². The quantitative estimate of drug-likeness (QED) is 0.365. The molecule has 0 atom stereocenters. The minimum absolute atomic E-state index is 0.0546. The van der Waals surface area contributed by atoms with Crippen LogP contribution in [0.5, 0.6) is 0 Å². The van der Waals surface area contributed by atoms with Crippen molar-refractivity contribution in [2.45, 2.75) is 25.7 Å². The Hall–Kier alpha value is -2.78. The van der Waals surface area contributed by atoms with Crippen molar-refractivity contribution in [1.29, 1.82) is 0 Å². The van der Waals surface area contributed by atoms with Crippen molar-refractivity contribution in [3.63, 3.8) is 0 Å². The molecule has 1 aliphatic heterocycles. The van der Waals surface area contributed by atoms with Crippen LogP contribution in [-0.4, -0.2) is 52.3 Å². The molecule has 114 valence electrons. The van der Waals surface area contributed by atoms with Gasteiger partial charge in [0.2, 0.25) is 18.5 Å². The Labute approximate surface area is 118 Å². The van der Waals surface area contributed by atoms with E-state index in [4.69, 9.17) is 10.2 Å². The maximum Gasteiger partial charge on any atom is 0.377 e. The van der Waals surface area contributed by atoms with Gasteiger partial charge < -0.3 is 19.7 Å². The van der Waals surface area contributed by atoms with Crippen molar-refractivity contribution in [1.82, 2.24) is 0 Å². The maximum atomic E-state index is 11.4. The number of carboxylic acid groups (broad SMARTS) is 1. The normalized spacial score (nSPS) is 13.7. The first kappa shape index (κ1) is 16.3. The van der Waals surface area contributed by atoms with E-state index in [1.165, 1.54) is 0 Å². The van der Waals surface area contributed by atoms with Crippen molar-refractivity contribution < 1.29 is 38.9 Å². The summed E-state index contributed by atoms with van der Waals surface area (Å²) < 4.78 is 8.88. The fraction of sp³-hybridized carbons (Fsp3) is 0.455. The van der Waals surface area contributed by atoms with Crippen LogP contribution in [0, 0.1) is 0 Å². The molecule has 1 rings (SSSR count). The number of hydrogen-bond acceptors (Lipinski definition) is 8. The van der Waals surface area contributed by atoms with Crippen molar-refractivity contribution in [2.75, 3.05) is 6.79 Å². The summed E-state index contributed by atoms with van der Waals surface area (Å²) in [5, 5.41) is 24.0. The molecular weight excluding hydrogens is 288 g/mol. The Balaban J connectivity index is 2.30. The number of carbonyl (C=O) groups is 4. The zero-order valence-electron chi connectivity index (χ0n) is 10.8. The van der Waals surface area contributed by atoms with Gasteiger partial charge in [-0.2, -0.15) is 0 Å². The third-order valence-corrected chi connectivity index (χ3v) is 2.28. The third-order valence-electron chi connectivity index (χ3n) is 2.28. The predicted octanol–water partition coefficient (Wildman–Crippen LogP) is -0.429. The van der Waals surface area contributed by atoms with Gasteiger partial charge in [-0.15, -0.1) is 10.2 Å². The van der Waals surface area contributed by atoms with E-state index in [-0.39, 0.29) is 24.5 Å². The van der Waals surface area contributed by atoms with Crippen LogP contribution in [0.2, 0.25) is 0 Å². The highest BCUT2D eigenvalue weighted by molar-refractivity contribution is 6.37. The molecule has 0 aromatic carbocycles. The van der Waals surface area contributed by atoms with E-state index in [0.717, 1.165) is 0 Å². The molecule has 10 nitrogen and oxygen atoms in total. The van der Waals surface area contributed by atoms with E-state index in [2.05, 4.69) is 19.7 Å². The predicted molar refractivity (Wildman–Crippen MR) is 65.7 cm³/mol. The largest absolute Gasteiger partial charge is 0.495 e. The lowest BCUT2D eigenvalue weighted by molar-refractivity contribution is -0.167. The molecule has 0 bridgehead atoms. The highest BCUT2D eigenvalue weighted by atomic mass is 16.7. The number of rotatable bonds is 7. The molecule has 0 aromatic heterocycles. The summed E-state index contributed by atoms with van der Waals surface area (Å²) in [5.74, 6) is -4.64. The minimum Gasteiger partial charge on any atom is -0.495 e. The number of ketones is 1. The lowest BCUT2D eigenvalue weighted by atomic mass is 10.2. The summed E-state index contributed by atoms with van der Waals surface area (Å²) in [6.07, 6.45) is -0.726. The van der Waals surface area contributed by atoms with Gasteiger partial charge in [-0.05, 0) is 0 Å². The summed E-state index contributed by atoms with van der Waals surface area (Å²) in [6.45, 7) is -0.800. The molecular formula is C11H12N2O8. The highest BCUT2D eigenvalue weighted by Gasteiger charge is 2.20. The van der Waals surface area contributed by atoms with Gasteiger partial charge in [0.15, 0.2) is 0 Å². The summed E-state index contributed by atoms with van der Waals surface area (Å²) in [6, 6.07) is 0. The Morgan fingerprint density at radius 2 is 1.76 bits per heavy atom. The number of carboxylic acids is 1. The number of esters is 2. The number of hydrogen-bond donors (Lipinski definition) is 2. The second kappa shape index (κ2) is 7.72. The summed E-state index contributed by atoms with van der Waals surface area (Å²) in [4.78, 5) is 43.9. The molecule has 0 saturated carbocycles. The highest BCUT2D eigenvalue weighted by Crippen LogP contribution is 2.04. The molecule has 0 aromatic rings. The van der Waals surface area contributed by atoms with Gasteiger partial charge >= 0.3 is 17.9 Å². The molecule has 21 heavy (non-hydrogen) atoms. The molecule has 2 N–H and O–H groups in total. The number of aliphatic hydroxyl groups excluding tert-OH is 1. The standard InChI is InChI=1S/C11H12N2O8/c14-7(2-4-9(16)17)11(19)21-5-20-10(18)6-1-3-8(15)13-12-6/h1-5H2,(H,13,15)(H,16,17). The van der Waals surface area contributed by atoms with Crippen LogP contribution in [-0.2, 0) is 28.7 Å². The van der Waals surface area contributed by atoms with Crippen molar-refractivity contribution in [3.05, 3.63) is 0 Å².